The van der Waals surface area contributed by atoms with E-state index in [0.717, 1.165) is 0 Å². The third-order valence-corrected chi connectivity index (χ3v) is 4.56. The fraction of sp³-hybridized carbons (Fsp3) is 0.222. The molecule has 3 N–H and O–H groups in total. The van der Waals surface area contributed by atoms with Gasteiger partial charge >= 0.3 is 117 Å². The zero-order valence-electron chi connectivity index (χ0n) is 9.35. The van der Waals surface area contributed by atoms with Crippen molar-refractivity contribution < 1.29 is 14.8 Å². The van der Waals surface area contributed by atoms with Crippen LogP contribution in [-0.2, 0) is 4.79 Å². The number of rotatable bonds is 5. The van der Waals surface area contributed by atoms with Crippen molar-refractivity contribution in [2.75, 3.05) is 5.75 Å². The van der Waals surface area contributed by atoms with Gasteiger partial charge in [0, 0.05) is 0 Å². The van der Waals surface area contributed by atoms with Crippen LogP contribution in [-0.4, -0.2) is 50.7 Å². The molecule has 0 saturated carbocycles. The SMILES string of the molecule is NC(CSc1ccc([N+](=O)[O-])c2n[se]nc12)C(=O)O. The summed E-state index contributed by atoms with van der Waals surface area (Å²) in [6, 6.07) is 1.92. The normalized spacial score (nSPS) is 12.5. The Labute approximate surface area is 117 Å². The molecule has 2 rings (SSSR count). The van der Waals surface area contributed by atoms with E-state index in [0.29, 0.717) is 10.4 Å². The van der Waals surface area contributed by atoms with Crippen LogP contribution >= 0.6 is 11.8 Å². The molecule has 100 valence electrons. The van der Waals surface area contributed by atoms with Crippen LogP contribution in [0.15, 0.2) is 17.0 Å². The van der Waals surface area contributed by atoms with Crippen molar-refractivity contribution in [3.05, 3.63) is 22.2 Å². The molecule has 0 amide bonds. The summed E-state index contributed by atoms with van der Waals surface area (Å²) in [6.45, 7) is 0. The maximum atomic E-state index is 10.8. The Hall–Kier alpha value is -1.48. The van der Waals surface area contributed by atoms with Crippen molar-refractivity contribution >= 4 is 49.4 Å². The number of fused-ring (bicyclic) bond motifs is 1. The van der Waals surface area contributed by atoms with Gasteiger partial charge in [-0.25, -0.2) is 0 Å². The summed E-state index contributed by atoms with van der Waals surface area (Å²) in [5, 5.41) is 19.5. The Bertz CT molecular complexity index is 646. The summed E-state index contributed by atoms with van der Waals surface area (Å²) < 4.78 is 8.18. The number of nitrogens with two attached hydrogens (primary N) is 1. The van der Waals surface area contributed by atoms with Gasteiger partial charge in [-0.3, -0.25) is 0 Å². The van der Waals surface area contributed by atoms with Crippen LogP contribution in [0, 0.1) is 10.1 Å². The molecular formula is C9H8N4O4SSe. The number of thioether (sulfide) groups is 1. The minimum atomic E-state index is -1.09. The van der Waals surface area contributed by atoms with Gasteiger partial charge in [-0.15, -0.1) is 0 Å². The summed E-state index contributed by atoms with van der Waals surface area (Å²) in [6.07, 6.45) is 0. The molecule has 10 heteroatoms. The van der Waals surface area contributed by atoms with Gasteiger partial charge in [0.05, 0.1) is 0 Å². The van der Waals surface area contributed by atoms with Crippen LogP contribution in [0.25, 0.3) is 11.0 Å². The Morgan fingerprint density at radius 1 is 1.53 bits per heavy atom. The molecule has 1 unspecified atom stereocenters. The number of nitro groups is 1. The van der Waals surface area contributed by atoms with Gasteiger partial charge in [0.2, 0.25) is 0 Å². The first kappa shape index (κ1) is 13.9. The monoisotopic (exact) mass is 348 g/mol. The summed E-state index contributed by atoms with van der Waals surface area (Å²) in [4.78, 5) is 21.6. The topological polar surface area (TPSA) is 132 Å². The molecule has 1 atom stereocenters. The molecule has 0 radical (unpaired) electrons. The minimum absolute atomic E-state index is 0.0787. The van der Waals surface area contributed by atoms with Crippen molar-refractivity contribution in [2.24, 2.45) is 5.73 Å². The number of nitrogens with zero attached hydrogens (tertiary/aromatic N) is 3. The van der Waals surface area contributed by atoms with E-state index in [2.05, 4.69) is 7.96 Å². The van der Waals surface area contributed by atoms with Crippen LogP contribution in [0.5, 0.6) is 0 Å². The van der Waals surface area contributed by atoms with Crippen molar-refractivity contribution in [3.8, 4) is 0 Å². The van der Waals surface area contributed by atoms with Gasteiger partial charge in [-0.2, -0.15) is 0 Å². The average molecular weight is 347 g/mol. The van der Waals surface area contributed by atoms with E-state index in [1.54, 1.807) is 6.07 Å². The number of benzene rings is 1. The number of aliphatic carboxylic acids is 1. The van der Waals surface area contributed by atoms with Gasteiger partial charge in [0.25, 0.3) is 0 Å². The van der Waals surface area contributed by atoms with Gasteiger partial charge in [0.1, 0.15) is 0 Å². The van der Waals surface area contributed by atoms with Crippen molar-refractivity contribution in [1.29, 1.82) is 0 Å². The molecule has 0 aliphatic heterocycles. The first-order valence-corrected chi connectivity index (χ1v) is 7.53. The standard InChI is InChI=1S/C9H8N4O4SSe/c10-4(9(14)15)3-18-6-2-1-5(13(16)17)7-8(6)12-19-11-7/h1-2,4H,3,10H2,(H,14,15). The van der Waals surface area contributed by atoms with E-state index >= 15 is 0 Å². The second-order valence-electron chi connectivity index (χ2n) is 3.56. The maximum absolute atomic E-state index is 10.8. The number of non-ortho nitro benzene ring substituents is 1. The fourth-order valence-electron chi connectivity index (χ4n) is 1.35. The van der Waals surface area contributed by atoms with Crippen molar-refractivity contribution in [3.63, 3.8) is 0 Å². The van der Waals surface area contributed by atoms with Crippen LogP contribution < -0.4 is 5.73 Å². The van der Waals surface area contributed by atoms with E-state index in [1.165, 1.54) is 17.8 Å². The molecule has 0 saturated heterocycles. The Morgan fingerprint density at radius 2 is 2.21 bits per heavy atom. The number of carboxylic acid groups (broad SMARTS) is 1. The summed E-state index contributed by atoms with van der Waals surface area (Å²) in [5.74, 6) is -0.917. The van der Waals surface area contributed by atoms with Crippen LogP contribution in [0.1, 0.15) is 0 Å². The van der Waals surface area contributed by atoms with Gasteiger partial charge in [-0.1, -0.05) is 0 Å². The number of carboxylic acids is 1. The number of hydrogen-bond donors (Lipinski definition) is 2. The van der Waals surface area contributed by atoms with Gasteiger partial charge in [-0.05, 0) is 0 Å². The number of carbonyl (C=O) groups is 1. The molecule has 0 fully saturated rings. The fourth-order valence-corrected chi connectivity index (χ4v) is 3.61. The zero-order chi connectivity index (χ0) is 14.0. The number of aromatic nitrogens is 2. The van der Waals surface area contributed by atoms with E-state index in [1.807, 2.05) is 0 Å². The average Bonchev–Trinajstić information content (AvgIpc) is 2.83. The molecular weight excluding hydrogens is 339 g/mol. The van der Waals surface area contributed by atoms with Crippen LogP contribution in [0.4, 0.5) is 5.69 Å². The Balaban J connectivity index is 2.30. The summed E-state index contributed by atoms with van der Waals surface area (Å²) >= 11 is 0.820. The second-order valence-corrected chi connectivity index (χ2v) is 5.73. The third-order valence-electron chi connectivity index (χ3n) is 2.29. The number of nitro benzene ring substituents is 1. The van der Waals surface area contributed by atoms with E-state index in [-0.39, 0.29) is 17.0 Å². The molecule has 0 aliphatic rings. The zero-order valence-corrected chi connectivity index (χ0v) is 11.9. The quantitative estimate of drug-likeness (QED) is 0.337. The van der Waals surface area contributed by atoms with Crippen LogP contribution in [0.3, 0.4) is 0 Å². The molecule has 1 heterocycles. The molecule has 0 aliphatic carbocycles. The van der Waals surface area contributed by atoms with Crippen molar-refractivity contribution in [1.82, 2.24) is 7.96 Å². The molecule has 1 aromatic heterocycles. The van der Waals surface area contributed by atoms with Gasteiger partial charge < -0.3 is 0 Å². The summed E-state index contributed by atoms with van der Waals surface area (Å²) in [7, 11) is 0. The molecule has 1 aromatic carbocycles. The van der Waals surface area contributed by atoms with Crippen molar-refractivity contribution in [2.45, 2.75) is 10.9 Å². The predicted octanol–water partition coefficient (Wildman–Crippen LogP) is 0.0990. The first-order chi connectivity index (χ1) is 9.00. The van der Waals surface area contributed by atoms with E-state index in [9.17, 15) is 14.9 Å². The van der Waals surface area contributed by atoms with Gasteiger partial charge in [0.15, 0.2) is 0 Å². The van der Waals surface area contributed by atoms with Crippen LogP contribution in [0.2, 0.25) is 0 Å². The molecule has 2 aromatic rings. The molecule has 19 heavy (non-hydrogen) atoms. The third kappa shape index (κ3) is 2.92. The summed E-state index contributed by atoms with van der Waals surface area (Å²) in [5.41, 5.74) is 6.08. The second kappa shape index (κ2) is 5.66. The first-order valence-electron chi connectivity index (χ1n) is 5.01. The van der Waals surface area contributed by atoms with E-state index < -0.39 is 31.9 Å². The Kier molecular flexibility index (Phi) is 4.15. The predicted molar refractivity (Wildman–Crippen MR) is 69.5 cm³/mol. The van der Waals surface area contributed by atoms with E-state index in [4.69, 9.17) is 10.8 Å². The molecule has 0 spiro atoms. The molecule has 0 bridgehead atoms. The Morgan fingerprint density at radius 3 is 2.84 bits per heavy atom. The number of hydrogen-bond acceptors (Lipinski definition) is 7. The molecule has 8 nitrogen and oxygen atoms in total.